The lowest BCUT2D eigenvalue weighted by atomic mass is 10.2. The summed E-state index contributed by atoms with van der Waals surface area (Å²) in [6.45, 7) is 4.31. The topological polar surface area (TPSA) is 85.8 Å². The van der Waals surface area contributed by atoms with E-state index in [-0.39, 0.29) is 29.5 Å². The third kappa shape index (κ3) is 3.46. The van der Waals surface area contributed by atoms with E-state index in [0.29, 0.717) is 24.0 Å². The van der Waals surface area contributed by atoms with E-state index >= 15 is 0 Å². The summed E-state index contributed by atoms with van der Waals surface area (Å²) in [5.74, 6) is 0.489. The van der Waals surface area contributed by atoms with Crippen LogP contribution in [0.25, 0.3) is 5.69 Å². The van der Waals surface area contributed by atoms with Crippen molar-refractivity contribution in [2.24, 2.45) is 11.7 Å². The number of nitrogens with one attached hydrogen (secondary N) is 1. The van der Waals surface area contributed by atoms with Crippen molar-refractivity contribution in [2.45, 2.75) is 38.6 Å². The van der Waals surface area contributed by atoms with Gasteiger partial charge in [0.05, 0.1) is 5.69 Å². The molecule has 0 spiro atoms. The van der Waals surface area contributed by atoms with E-state index in [0.717, 1.165) is 12.8 Å². The number of carbonyl (C=O) groups is 1. The number of nitrogens with zero attached hydrogens (tertiary/aromatic N) is 3. The van der Waals surface area contributed by atoms with Crippen molar-refractivity contribution in [3.8, 4) is 5.69 Å². The van der Waals surface area contributed by atoms with Crippen LogP contribution >= 0.6 is 0 Å². The van der Waals surface area contributed by atoms with Gasteiger partial charge in [-0.3, -0.25) is 4.79 Å². The van der Waals surface area contributed by atoms with E-state index in [4.69, 9.17) is 5.73 Å². The molecule has 1 fully saturated rings. The van der Waals surface area contributed by atoms with Gasteiger partial charge in [0, 0.05) is 18.5 Å². The molecule has 1 aliphatic carbocycles. The number of halogens is 1. The van der Waals surface area contributed by atoms with Crippen molar-refractivity contribution >= 4 is 5.91 Å². The molecule has 0 aliphatic heterocycles. The van der Waals surface area contributed by atoms with Crippen molar-refractivity contribution in [1.82, 2.24) is 20.1 Å². The van der Waals surface area contributed by atoms with Gasteiger partial charge in [-0.1, -0.05) is 19.9 Å². The van der Waals surface area contributed by atoms with Crippen molar-refractivity contribution in [3.05, 3.63) is 41.7 Å². The summed E-state index contributed by atoms with van der Waals surface area (Å²) in [6, 6.07) is 6.03. The maximum atomic E-state index is 13.5. The Morgan fingerprint density at radius 1 is 1.46 bits per heavy atom. The van der Waals surface area contributed by atoms with Crippen LogP contribution in [0.2, 0.25) is 0 Å². The summed E-state index contributed by atoms with van der Waals surface area (Å²) in [6.07, 6.45) is 2.18. The van der Waals surface area contributed by atoms with Crippen molar-refractivity contribution in [3.63, 3.8) is 0 Å². The van der Waals surface area contributed by atoms with Gasteiger partial charge in [-0.25, -0.2) is 14.1 Å². The van der Waals surface area contributed by atoms with E-state index in [2.05, 4.69) is 15.4 Å². The van der Waals surface area contributed by atoms with Crippen LogP contribution in [0, 0.1) is 11.7 Å². The van der Waals surface area contributed by atoms with Crippen LogP contribution in [0.15, 0.2) is 24.3 Å². The average Bonchev–Trinajstić information content (AvgIpc) is 3.29. The number of amides is 1. The fourth-order valence-electron chi connectivity index (χ4n) is 2.69. The van der Waals surface area contributed by atoms with Crippen LogP contribution in [0.4, 0.5) is 4.39 Å². The fourth-order valence-corrected chi connectivity index (χ4v) is 2.69. The molecule has 0 bridgehead atoms. The van der Waals surface area contributed by atoms with Crippen molar-refractivity contribution < 1.29 is 9.18 Å². The zero-order valence-electron chi connectivity index (χ0n) is 13.9. The Bertz CT molecular complexity index is 738. The average molecular weight is 331 g/mol. The Morgan fingerprint density at radius 3 is 2.79 bits per heavy atom. The zero-order chi connectivity index (χ0) is 17.3. The van der Waals surface area contributed by atoms with Gasteiger partial charge >= 0.3 is 0 Å². The molecule has 0 radical (unpaired) electrons. The van der Waals surface area contributed by atoms with Gasteiger partial charge in [0.15, 0.2) is 0 Å². The fraction of sp³-hybridized carbons (Fsp3) is 0.471. The van der Waals surface area contributed by atoms with Crippen molar-refractivity contribution in [2.75, 3.05) is 6.54 Å². The Morgan fingerprint density at radius 2 is 2.21 bits per heavy atom. The molecular formula is C17H22FN5O. The molecule has 2 aromatic rings. The first kappa shape index (κ1) is 16.6. The number of carbonyl (C=O) groups excluding carboxylic acids is 1. The van der Waals surface area contributed by atoms with E-state index < -0.39 is 0 Å². The van der Waals surface area contributed by atoms with Gasteiger partial charge < -0.3 is 11.1 Å². The summed E-state index contributed by atoms with van der Waals surface area (Å²) in [5, 5.41) is 7.21. The lowest BCUT2D eigenvalue weighted by Gasteiger charge is -2.14. The monoisotopic (exact) mass is 331 g/mol. The molecule has 1 aromatic heterocycles. The first-order chi connectivity index (χ1) is 11.5. The van der Waals surface area contributed by atoms with Crippen LogP contribution < -0.4 is 11.1 Å². The quantitative estimate of drug-likeness (QED) is 0.848. The standard InChI is InChI=1S/C17H22FN5O/c1-10(2)16-21-15(17(24)20-14(9-19)11-6-7-11)22-23(16)13-5-3-4-12(18)8-13/h3-5,8,10-11,14H,6-7,9,19H2,1-2H3,(H,20,24). The minimum Gasteiger partial charge on any atom is -0.345 e. The van der Waals surface area contributed by atoms with Gasteiger partial charge in [-0.15, -0.1) is 5.10 Å². The molecule has 3 rings (SSSR count). The van der Waals surface area contributed by atoms with E-state index in [1.165, 1.54) is 16.8 Å². The Labute approximate surface area is 140 Å². The molecule has 6 nitrogen and oxygen atoms in total. The number of aromatic nitrogens is 3. The Hall–Kier alpha value is -2.28. The molecule has 128 valence electrons. The first-order valence-electron chi connectivity index (χ1n) is 8.23. The van der Waals surface area contributed by atoms with Crippen molar-refractivity contribution in [1.29, 1.82) is 0 Å². The third-order valence-corrected chi connectivity index (χ3v) is 4.17. The molecule has 1 unspecified atom stereocenters. The molecule has 0 saturated heterocycles. The van der Waals surface area contributed by atoms with Gasteiger partial charge in [0.1, 0.15) is 11.6 Å². The summed E-state index contributed by atoms with van der Waals surface area (Å²) in [5.41, 5.74) is 6.27. The maximum Gasteiger partial charge on any atom is 0.291 e. The minimum absolute atomic E-state index is 0.0380. The number of hydrogen-bond acceptors (Lipinski definition) is 4. The second kappa shape index (κ2) is 6.68. The second-order valence-corrected chi connectivity index (χ2v) is 6.49. The lowest BCUT2D eigenvalue weighted by molar-refractivity contribution is 0.0923. The Kier molecular flexibility index (Phi) is 4.62. The smallest absolute Gasteiger partial charge is 0.291 e. The number of hydrogen-bond donors (Lipinski definition) is 2. The Balaban J connectivity index is 1.89. The van der Waals surface area contributed by atoms with Crippen LogP contribution in [-0.4, -0.2) is 33.3 Å². The normalized spacial score (nSPS) is 15.5. The SMILES string of the molecule is CC(C)c1nc(C(=O)NC(CN)C2CC2)nn1-c1cccc(F)c1. The molecule has 1 aromatic carbocycles. The molecule has 1 aliphatic rings. The molecule has 1 atom stereocenters. The summed E-state index contributed by atoms with van der Waals surface area (Å²) in [4.78, 5) is 16.8. The highest BCUT2D eigenvalue weighted by molar-refractivity contribution is 5.90. The molecule has 1 saturated carbocycles. The van der Waals surface area contributed by atoms with Gasteiger partial charge in [0.2, 0.25) is 5.82 Å². The molecule has 1 amide bonds. The number of benzene rings is 1. The minimum atomic E-state index is -0.361. The molecular weight excluding hydrogens is 309 g/mol. The highest BCUT2D eigenvalue weighted by atomic mass is 19.1. The predicted octanol–water partition coefficient (Wildman–Crippen LogP) is 2.00. The van der Waals surface area contributed by atoms with E-state index in [1.54, 1.807) is 12.1 Å². The summed E-state index contributed by atoms with van der Waals surface area (Å²) < 4.78 is 15.0. The summed E-state index contributed by atoms with van der Waals surface area (Å²) in [7, 11) is 0. The molecule has 1 heterocycles. The van der Waals surface area contributed by atoms with Crippen LogP contribution in [0.1, 0.15) is 49.1 Å². The van der Waals surface area contributed by atoms with Crippen LogP contribution in [-0.2, 0) is 0 Å². The number of nitrogens with two attached hydrogens (primary N) is 1. The van der Waals surface area contributed by atoms with Crippen LogP contribution in [0.5, 0.6) is 0 Å². The first-order valence-corrected chi connectivity index (χ1v) is 8.23. The largest absolute Gasteiger partial charge is 0.345 e. The molecule has 3 N–H and O–H groups in total. The van der Waals surface area contributed by atoms with E-state index in [1.807, 2.05) is 13.8 Å². The maximum absolute atomic E-state index is 13.5. The molecule has 7 heteroatoms. The predicted molar refractivity (Wildman–Crippen MR) is 88.4 cm³/mol. The highest BCUT2D eigenvalue weighted by Gasteiger charge is 2.32. The lowest BCUT2D eigenvalue weighted by Crippen LogP contribution is -2.42. The van der Waals surface area contributed by atoms with Gasteiger partial charge in [0.25, 0.3) is 5.91 Å². The highest BCUT2D eigenvalue weighted by Crippen LogP contribution is 2.32. The molecule has 24 heavy (non-hydrogen) atoms. The van der Waals surface area contributed by atoms with Gasteiger partial charge in [-0.05, 0) is 37.0 Å². The summed E-state index contributed by atoms with van der Waals surface area (Å²) >= 11 is 0. The number of rotatable bonds is 6. The third-order valence-electron chi connectivity index (χ3n) is 4.17. The second-order valence-electron chi connectivity index (χ2n) is 6.49. The van der Waals surface area contributed by atoms with Gasteiger partial charge in [-0.2, -0.15) is 0 Å². The van der Waals surface area contributed by atoms with Crippen LogP contribution in [0.3, 0.4) is 0 Å². The zero-order valence-corrected chi connectivity index (χ0v) is 13.9. The van der Waals surface area contributed by atoms with E-state index in [9.17, 15) is 9.18 Å².